The fraction of sp³-hybridized carbons (Fsp3) is 0.429. The van der Waals surface area contributed by atoms with Gasteiger partial charge in [-0.2, -0.15) is 0 Å². The molecular weight excluding hydrogens is 182 g/mol. The van der Waals surface area contributed by atoms with Crippen LogP contribution in [-0.2, 0) is 6.42 Å². The van der Waals surface area contributed by atoms with Crippen LogP contribution in [0.15, 0.2) is 30.3 Å². The molecule has 2 aliphatic rings. The zero-order valence-corrected chi connectivity index (χ0v) is 9.22. The number of rotatable bonds is 0. The zero-order valence-electron chi connectivity index (χ0n) is 9.22. The summed E-state index contributed by atoms with van der Waals surface area (Å²) in [5.74, 6) is 0. The Labute approximate surface area is 91.2 Å². The molecular formula is C14H17N. The topological polar surface area (TPSA) is 12.0 Å². The number of aryl methyl sites for hydroxylation is 1. The van der Waals surface area contributed by atoms with Gasteiger partial charge < -0.3 is 5.32 Å². The second kappa shape index (κ2) is 3.21. The molecule has 0 saturated carbocycles. The lowest BCUT2D eigenvalue weighted by Crippen LogP contribution is -2.39. The van der Waals surface area contributed by atoms with Gasteiger partial charge >= 0.3 is 0 Å². The second-order valence-corrected chi connectivity index (χ2v) is 4.97. The van der Waals surface area contributed by atoms with Gasteiger partial charge in [-0.05, 0) is 29.5 Å². The summed E-state index contributed by atoms with van der Waals surface area (Å²) in [7, 11) is 0. The molecule has 0 aromatic heterocycles. The van der Waals surface area contributed by atoms with Crippen molar-refractivity contribution in [1.82, 2.24) is 5.32 Å². The molecule has 78 valence electrons. The van der Waals surface area contributed by atoms with Crippen LogP contribution in [0.3, 0.4) is 0 Å². The molecule has 1 aliphatic heterocycles. The van der Waals surface area contributed by atoms with Gasteiger partial charge in [-0.3, -0.25) is 0 Å². The molecule has 0 saturated heterocycles. The van der Waals surface area contributed by atoms with Crippen LogP contribution in [0.2, 0.25) is 0 Å². The minimum Gasteiger partial charge on any atom is -0.312 e. The van der Waals surface area contributed by atoms with Crippen molar-refractivity contribution >= 4 is 5.57 Å². The normalized spacial score (nSPS) is 29.0. The molecule has 0 fully saturated rings. The molecule has 1 aromatic rings. The van der Waals surface area contributed by atoms with Crippen LogP contribution in [0.1, 0.15) is 24.5 Å². The summed E-state index contributed by atoms with van der Waals surface area (Å²) < 4.78 is 0. The molecule has 0 spiro atoms. The maximum atomic E-state index is 3.48. The van der Waals surface area contributed by atoms with Gasteiger partial charge in [-0.1, -0.05) is 37.3 Å². The van der Waals surface area contributed by atoms with Crippen molar-refractivity contribution < 1.29 is 0 Å². The Morgan fingerprint density at radius 2 is 2.13 bits per heavy atom. The van der Waals surface area contributed by atoms with Crippen LogP contribution in [0, 0.1) is 5.41 Å². The minimum absolute atomic E-state index is 0.368. The van der Waals surface area contributed by atoms with Gasteiger partial charge in [0.05, 0.1) is 0 Å². The summed E-state index contributed by atoms with van der Waals surface area (Å²) in [5, 5.41) is 3.48. The van der Waals surface area contributed by atoms with E-state index in [4.69, 9.17) is 0 Å². The van der Waals surface area contributed by atoms with Crippen molar-refractivity contribution in [2.24, 2.45) is 5.41 Å². The average Bonchev–Trinajstić information content (AvgIpc) is 2.28. The largest absolute Gasteiger partial charge is 0.312 e. The third kappa shape index (κ3) is 1.34. The Kier molecular flexibility index (Phi) is 1.96. The van der Waals surface area contributed by atoms with Gasteiger partial charge in [0.1, 0.15) is 0 Å². The molecule has 3 rings (SSSR count). The highest BCUT2D eigenvalue weighted by Crippen LogP contribution is 2.45. The Balaban J connectivity index is 2.16. The fourth-order valence-electron chi connectivity index (χ4n) is 2.93. The molecule has 1 aliphatic carbocycles. The molecule has 1 N–H and O–H groups in total. The summed E-state index contributed by atoms with van der Waals surface area (Å²) in [4.78, 5) is 0. The minimum atomic E-state index is 0.368. The second-order valence-electron chi connectivity index (χ2n) is 4.97. The lowest BCUT2D eigenvalue weighted by molar-refractivity contribution is 0.365. The van der Waals surface area contributed by atoms with Gasteiger partial charge in [-0.25, -0.2) is 0 Å². The van der Waals surface area contributed by atoms with E-state index >= 15 is 0 Å². The molecule has 1 atom stereocenters. The lowest BCUT2D eigenvalue weighted by atomic mass is 9.68. The van der Waals surface area contributed by atoms with E-state index in [2.05, 4.69) is 42.6 Å². The standard InChI is InChI=1S/C14H17N/c1-14-8-6-11-4-2-3-5-12(11)13(14)7-9-15-10-14/h2-5,7,15H,6,8-10H2,1H3. The molecule has 0 radical (unpaired) electrons. The Hall–Kier alpha value is -1.08. The number of hydrogen-bond donors (Lipinski definition) is 1. The molecule has 1 nitrogen and oxygen atoms in total. The number of benzene rings is 1. The fourth-order valence-corrected chi connectivity index (χ4v) is 2.93. The molecule has 1 aromatic carbocycles. The van der Waals surface area contributed by atoms with Crippen molar-refractivity contribution in [2.45, 2.75) is 19.8 Å². The van der Waals surface area contributed by atoms with Crippen LogP contribution in [0.25, 0.3) is 5.57 Å². The maximum Gasteiger partial charge on any atom is 0.0141 e. The highest BCUT2D eigenvalue weighted by Gasteiger charge is 2.35. The van der Waals surface area contributed by atoms with Gasteiger partial charge in [0.2, 0.25) is 0 Å². The number of fused-ring (bicyclic) bond motifs is 3. The van der Waals surface area contributed by atoms with Gasteiger partial charge in [0, 0.05) is 18.5 Å². The predicted molar refractivity (Wildman–Crippen MR) is 63.7 cm³/mol. The first-order valence-corrected chi connectivity index (χ1v) is 5.79. The molecule has 15 heavy (non-hydrogen) atoms. The van der Waals surface area contributed by atoms with Crippen molar-refractivity contribution in [3.63, 3.8) is 0 Å². The van der Waals surface area contributed by atoms with Crippen LogP contribution < -0.4 is 5.32 Å². The summed E-state index contributed by atoms with van der Waals surface area (Å²) in [5.41, 5.74) is 4.96. The van der Waals surface area contributed by atoms with Gasteiger partial charge in [-0.15, -0.1) is 0 Å². The van der Waals surface area contributed by atoms with Gasteiger partial charge in [0.25, 0.3) is 0 Å². The lowest BCUT2D eigenvalue weighted by Gasteiger charge is -2.40. The zero-order chi connectivity index (χ0) is 10.3. The van der Waals surface area contributed by atoms with E-state index in [0.29, 0.717) is 5.41 Å². The van der Waals surface area contributed by atoms with E-state index in [1.165, 1.54) is 24.0 Å². The van der Waals surface area contributed by atoms with E-state index in [1.807, 2.05) is 0 Å². The van der Waals surface area contributed by atoms with Crippen LogP contribution in [-0.4, -0.2) is 13.1 Å². The van der Waals surface area contributed by atoms with Crippen molar-refractivity contribution in [3.8, 4) is 0 Å². The summed E-state index contributed by atoms with van der Waals surface area (Å²) in [6.45, 7) is 4.55. The Morgan fingerprint density at radius 3 is 3.07 bits per heavy atom. The number of nitrogens with one attached hydrogen (secondary N) is 1. The smallest absolute Gasteiger partial charge is 0.0141 e. The van der Waals surface area contributed by atoms with Crippen LogP contribution in [0.4, 0.5) is 0 Å². The van der Waals surface area contributed by atoms with Crippen LogP contribution in [0.5, 0.6) is 0 Å². The Bertz CT molecular complexity index is 419. The molecule has 0 amide bonds. The van der Waals surface area contributed by atoms with Crippen molar-refractivity contribution in [1.29, 1.82) is 0 Å². The number of hydrogen-bond acceptors (Lipinski definition) is 1. The van der Waals surface area contributed by atoms with E-state index in [0.717, 1.165) is 13.1 Å². The molecule has 0 bridgehead atoms. The highest BCUT2D eigenvalue weighted by molar-refractivity contribution is 5.75. The average molecular weight is 199 g/mol. The van der Waals surface area contributed by atoms with E-state index in [1.54, 1.807) is 5.57 Å². The monoisotopic (exact) mass is 199 g/mol. The Morgan fingerprint density at radius 1 is 1.27 bits per heavy atom. The summed E-state index contributed by atoms with van der Waals surface area (Å²) in [6.07, 6.45) is 4.88. The SMILES string of the molecule is CC12CCc3ccccc3C1=CCNC2. The first kappa shape index (κ1) is 9.17. The van der Waals surface area contributed by atoms with Crippen molar-refractivity contribution in [2.75, 3.05) is 13.1 Å². The predicted octanol–water partition coefficient (Wildman–Crippen LogP) is 2.63. The van der Waals surface area contributed by atoms with Crippen LogP contribution >= 0.6 is 0 Å². The third-order valence-corrected chi connectivity index (χ3v) is 3.87. The highest BCUT2D eigenvalue weighted by atomic mass is 14.9. The van der Waals surface area contributed by atoms with E-state index < -0.39 is 0 Å². The third-order valence-electron chi connectivity index (χ3n) is 3.87. The molecule has 1 heteroatoms. The summed E-state index contributed by atoms with van der Waals surface area (Å²) >= 11 is 0. The first-order valence-electron chi connectivity index (χ1n) is 5.79. The first-order chi connectivity index (χ1) is 7.30. The maximum absolute atomic E-state index is 3.48. The van der Waals surface area contributed by atoms with E-state index in [9.17, 15) is 0 Å². The molecule has 1 heterocycles. The van der Waals surface area contributed by atoms with Gasteiger partial charge in [0.15, 0.2) is 0 Å². The van der Waals surface area contributed by atoms with E-state index in [-0.39, 0.29) is 0 Å². The summed E-state index contributed by atoms with van der Waals surface area (Å²) in [6, 6.07) is 8.87. The molecule has 1 unspecified atom stereocenters. The quantitative estimate of drug-likeness (QED) is 0.677. The van der Waals surface area contributed by atoms with Crippen molar-refractivity contribution in [3.05, 3.63) is 41.5 Å².